The van der Waals surface area contributed by atoms with Gasteiger partial charge in [0.1, 0.15) is 11.6 Å². The third-order valence-corrected chi connectivity index (χ3v) is 6.41. The van der Waals surface area contributed by atoms with Crippen LogP contribution in [0.3, 0.4) is 0 Å². The summed E-state index contributed by atoms with van der Waals surface area (Å²) in [4.78, 5) is 45.4. The fraction of sp³-hybridized carbons (Fsp3) is 0.857. The van der Waals surface area contributed by atoms with E-state index in [9.17, 15) is 19.2 Å². The van der Waals surface area contributed by atoms with Gasteiger partial charge in [0.05, 0.1) is 27.1 Å². The van der Waals surface area contributed by atoms with Crippen molar-refractivity contribution in [3.63, 3.8) is 0 Å². The first-order valence-electron chi connectivity index (χ1n) is 13.5. The number of esters is 2. The van der Waals surface area contributed by atoms with Gasteiger partial charge in [0.2, 0.25) is 0 Å². The average molecular weight is 551 g/mol. The van der Waals surface area contributed by atoms with Crippen LogP contribution in [0, 0.1) is 11.8 Å². The molecule has 0 aliphatic rings. The molecule has 0 heterocycles. The van der Waals surface area contributed by atoms with Crippen molar-refractivity contribution in [3.8, 4) is 0 Å². The second-order valence-electron chi connectivity index (χ2n) is 8.98. The van der Waals surface area contributed by atoms with Crippen LogP contribution in [-0.4, -0.2) is 49.2 Å². The number of carbonyl (C=O) groups is 4. The molecule has 0 rings (SSSR count). The Bertz CT molecular complexity index is 494. The highest BCUT2D eigenvalue weighted by Gasteiger charge is 2.33. The molecule has 0 aliphatic carbocycles. The zero-order valence-corrected chi connectivity index (χ0v) is 25.6. The van der Waals surface area contributed by atoms with Gasteiger partial charge in [0.15, 0.2) is 0 Å². The maximum Gasteiger partial charge on any atom is 0.306 e. The summed E-state index contributed by atoms with van der Waals surface area (Å²) in [5.74, 6) is -1.42. The predicted octanol–water partition coefficient (Wildman–Crippen LogP) is 7.08. The number of unbranched alkanes of at least 4 members (excludes halogenated alkanes) is 10. The van der Waals surface area contributed by atoms with E-state index in [1.165, 1.54) is 105 Å². The van der Waals surface area contributed by atoms with Crippen molar-refractivity contribution in [2.75, 3.05) is 25.7 Å². The summed E-state index contributed by atoms with van der Waals surface area (Å²) in [6, 6.07) is 0. The van der Waals surface area contributed by atoms with Gasteiger partial charge < -0.3 is 9.47 Å². The first-order valence-corrected chi connectivity index (χ1v) is 14.8. The lowest BCUT2D eigenvalue weighted by atomic mass is 9.82. The van der Waals surface area contributed by atoms with E-state index in [2.05, 4.69) is 48.6 Å². The van der Waals surface area contributed by atoms with Gasteiger partial charge >= 0.3 is 11.9 Å². The number of Topliss-reactive ketones (excluding diaryl/α,β-unsaturated/α-hetero) is 2. The maximum absolute atomic E-state index is 11.5. The Kier molecular flexibility index (Phi) is 33.1. The third-order valence-electron chi connectivity index (χ3n) is 5.78. The second-order valence-corrected chi connectivity index (χ2v) is 9.87. The van der Waals surface area contributed by atoms with Crippen LogP contribution in [0.4, 0.5) is 0 Å². The maximum atomic E-state index is 11.5. The molecule has 2 atom stereocenters. The molecule has 0 amide bonds. The van der Waals surface area contributed by atoms with Crippen molar-refractivity contribution in [1.29, 1.82) is 0 Å². The number of rotatable bonds is 19. The van der Waals surface area contributed by atoms with Crippen molar-refractivity contribution in [2.24, 2.45) is 11.8 Å². The Labute approximate surface area is 232 Å². The molecule has 0 aromatic rings. The summed E-state index contributed by atoms with van der Waals surface area (Å²) in [6.45, 7) is 7.05. The highest BCUT2D eigenvalue weighted by Crippen LogP contribution is 2.23. The molecule has 2 unspecified atom stereocenters. The fourth-order valence-electron chi connectivity index (χ4n) is 3.45. The topological polar surface area (TPSA) is 86.7 Å². The Morgan fingerprint density at radius 2 is 0.833 bits per heavy atom. The molecule has 0 spiro atoms. The molecule has 8 heteroatoms. The van der Waals surface area contributed by atoms with Crippen LogP contribution >= 0.6 is 25.3 Å². The van der Waals surface area contributed by atoms with Gasteiger partial charge in [0.25, 0.3) is 0 Å². The quantitative estimate of drug-likeness (QED) is 0.102. The highest BCUT2D eigenvalue weighted by atomic mass is 32.1. The van der Waals surface area contributed by atoms with E-state index < -0.39 is 23.8 Å². The summed E-state index contributed by atoms with van der Waals surface area (Å²) in [5.41, 5.74) is 0. The van der Waals surface area contributed by atoms with Crippen molar-refractivity contribution in [1.82, 2.24) is 0 Å². The molecule has 0 radical (unpaired) electrons. The van der Waals surface area contributed by atoms with Crippen molar-refractivity contribution < 1.29 is 28.7 Å². The number of carbonyl (C=O) groups excluding carboxylic acids is 4. The molecule has 36 heavy (non-hydrogen) atoms. The Hall–Kier alpha value is -1.02. The molecule has 0 aromatic heterocycles. The molecule has 214 valence electrons. The summed E-state index contributed by atoms with van der Waals surface area (Å²) in [6.07, 6.45) is 16.1. The lowest BCUT2D eigenvalue weighted by molar-refractivity contribution is -0.149. The molecule has 6 nitrogen and oxygen atoms in total. The van der Waals surface area contributed by atoms with Gasteiger partial charge in [-0.05, 0) is 38.2 Å². The number of thiol groups is 2. The summed E-state index contributed by atoms with van der Waals surface area (Å²) in [5, 5.41) is 0. The number of ketones is 2. The second kappa shape index (κ2) is 30.2. The van der Waals surface area contributed by atoms with Crippen LogP contribution in [-0.2, 0) is 28.7 Å². The fourth-order valence-corrected chi connectivity index (χ4v) is 3.90. The summed E-state index contributed by atoms with van der Waals surface area (Å²) >= 11 is 8.29. The van der Waals surface area contributed by atoms with E-state index >= 15 is 0 Å². The van der Waals surface area contributed by atoms with Gasteiger partial charge in [-0.15, -0.1) is 0 Å². The first-order chi connectivity index (χ1) is 17.2. The molecular formula is C28H54O6S2. The number of methoxy groups -OCH3 is 2. The Morgan fingerprint density at radius 3 is 1.06 bits per heavy atom. The lowest BCUT2D eigenvalue weighted by Gasteiger charge is -2.21. The zero-order valence-electron chi connectivity index (χ0n) is 23.8. The van der Waals surface area contributed by atoms with E-state index in [0.29, 0.717) is 0 Å². The van der Waals surface area contributed by atoms with Crippen LogP contribution in [0.15, 0.2) is 0 Å². The van der Waals surface area contributed by atoms with Crippen LogP contribution in [0.25, 0.3) is 0 Å². The van der Waals surface area contributed by atoms with Gasteiger partial charge in [0, 0.05) is 11.8 Å². The molecule has 0 saturated carbocycles. The zero-order chi connectivity index (χ0) is 28.2. The van der Waals surface area contributed by atoms with Gasteiger partial charge in [-0.3, -0.25) is 19.2 Å². The van der Waals surface area contributed by atoms with E-state index in [1.54, 1.807) is 0 Å². The number of ether oxygens (including phenoxy) is 2. The molecule has 0 N–H and O–H groups in total. The molecule has 0 saturated heterocycles. The predicted molar refractivity (Wildman–Crippen MR) is 156 cm³/mol. The standard InChI is InChI=1S/C12H18O6.2C8H18S/c1-7(13)9(5-11(15)17-3)10(8(2)14)6-12(16)18-4;2*1-2-3-4-5-6-7-8-9/h9-10H,5-6H2,1-4H3;2*9H,2-8H2,1H3. The average Bonchev–Trinajstić information content (AvgIpc) is 2.86. The van der Waals surface area contributed by atoms with Gasteiger partial charge in [-0.1, -0.05) is 78.1 Å². The molecule has 0 bridgehead atoms. The van der Waals surface area contributed by atoms with E-state index in [0.717, 1.165) is 11.5 Å². The SMILES string of the molecule is CCCCCCCCS.CCCCCCCCS.COC(=O)CC(C(C)=O)C(CC(=O)OC)C(C)=O. The minimum absolute atomic E-state index is 0.215. The molecule has 0 aromatic carbocycles. The minimum Gasteiger partial charge on any atom is -0.469 e. The first kappa shape index (κ1) is 39.5. The smallest absolute Gasteiger partial charge is 0.306 e. The van der Waals surface area contributed by atoms with Crippen LogP contribution in [0.5, 0.6) is 0 Å². The van der Waals surface area contributed by atoms with Crippen LogP contribution in [0.1, 0.15) is 118 Å². The molecule has 0 fully saturated rings. The summed E-state index contributed by atoms with van der Waals surface area (Å²) in [7, 11) is 2.39. The number of hydrogen-bond acceptors (Lipinski definition) is 8. The van der Waals surface area contributed by atoms with Crippen molar-refractivity contribution >= 4 is 48.8 Å². The third kappa shape index (κ3) is 27.6. The number of hydrogen-bond donors (Lipinski definition) is 2. The van der Waals surface area contributed by atoms with E-state index in [-0.39, 0.29) is 24.4 Å². The molecular weight excluding hydrogens is 496 g/mol. The van der Waals surface area contributed by atoms with E-state index in [1.807, 2.05) is 0 Å². The van der Waals surface area contributed by atoms with E-state index in [4.69, 9.17) is 0 Å². The van der Waals surface area contributed by atoms with Gasteiger partial charge in [-0.25, -0.2) is 0 Å². The van der Waals surface area contributed by atoms with Crippen LogP contribution in [0.2, 0.25) is 0 Å². The van der Waals surface area contributed by atoms with Crippen molar-refractivity contribution in [2.45, 2.75) is 118 Å². The Morgan fingerprint density at radius 1 is 0.556 bits per heavy atom. The van der Waals surface area contributed by atoms with Crippen LogP contribution < -0.4 is 0 Å². The minimum atomic E-state index is -0.853. The Balaban J connectivity index is -0.000000507. The monoisotopic (exact) mass is 550 g/mol. The summed E-state index contributed by atoms with van der Waals surface area (Å²) < 4.78 is 8.95. The largest absolute Gasteiger partial charge is 0.469 e. The molecule has 0 aliphatic heterocycles. The van der Waals surface area contributed by atoms with Crippen molar-refractivity contribution in [3.05, 3.63) is 0 Å². The highest BCUT2D eigenvalue weighted by molar-refractivity contribution is 7.80. The lowest BCUT2D eigenvalue weighted by Crippen LogP contribution is -2.32. The van der Waals surface area contributed by atoms with Gasteiger partial charge in [-0.2, -0.15) is 25.3 Å². The normalized spacial score (nSPS) is 11.7.